The summed E-state index contributed by atoms with van der Waals surface area (Å²) in [6.07, 6.45) is 3.24. The zero-order chi connectivity index (χ0) is 32.2. The van der Waals surface area contributed by atoms with Crippen LogP contribution in [0.25, 0.3) is 0 Å². The molecule has 2 unspecified atom stereocenters. The highest BCUT2D eigenvalue weighted by atomic mass is 127. The van der Waals surface area contributed by atoms with Crippen LogP contribution in [0.15, 0.2) is 29.2 Å². The van der Waals surface area contributed by atoms with Crippen molar-refractivity contribution in [2.75, 3.05) is 0 Å². The molecule has 2 aromatic rings. The minimum Gasteiger partial charge on any atom is -0.367 e. The van der Waals surface area contributed by atoms with E-state index < -0.39 is 32.4 Å². The third-order valence-corrected chi connectivity index (χ3v) is 12.8. The molecule has 1 aliphatic heterocycles. The Labute approximate surface area is 267 Å². The number of benzene rings is 1. The van der Waals surface area contributed by atoms with Gasteiger partial charge in [-0.3, -0.25) is 4.98 Å². The van der Waals surface area contributed by atoms with Crippen molar-refractivity contribution in [3.8, 4) is 0 Å². The van der Waals surface area contributed by atoms with E-state index in [-0.39, 0.29) is 26.8 Å². The van der Waals surface area contributed by atoms with E-state index in [0.29, 0.717) is 17.7 Å². The maximum absolute atomic E-state index is 13.6. The summed E-state index contributed by atoms with van der Waals surface area (Å²) in [6, 6.07) is 3.31. The van der Waals surface area contributed by atoms with Gasteiger partial charge < -0.3 is 9.47 Å². The van der Waals surface area contributed by atoms with Crippen molar-refractivity contribution in [3.63, 3.8) is 0 Å². The molecule has 3 nitrogen and oxygen atoms in total. The number of pyridine rings is 1. The van der Waals surface area contributed by atoms with Gasteiger partial charge in [-0.15, -0.1) is 0 Å². The van der Waals surface area contributed by atoms with Gasteiger partial charge in [-0.05, 0) is 80.4 Å². The van der Waals surface area contributed by atoms with Crippen LogP contribution in [0.2, 0.25) is 0 Å². The molecule has 2 aliphatic carbocycles. The number of rotatable bonds is 5. The van der Waals surface area contributed by atoms with E-state index in [9.17, 15) is 19.4 Å². The Hall–Kier alpha value is -0.980. The van der Waals surface area contributed by atoms with Crippen LogP contribution >= 0.6 is 32.8 Å². The third-order valence-electron chi connectivity index (χ3n) is 10.0. The monoisotopic (exact) mass is 741 g/mol. The minimum atomic E-state index is -9.81. The highest BCUT2D eigenvalue weighted by Crippen LogP contribution is 3.02. The van der Waals surface area contributed by atoms with Crippen LogP contribution in [0.1, 0.15) is 140 Å². The fraction of sp³-hybridized carbons (Fsp3) is 0.667. The molecule has 0 amide bonds. The van der Waals surface area contributed by atoms with Crippen LogP contribution in [0, 0.1) is 10.8 Å². The average molecular weight is 742 g/mol. The third kappa shape index (κ3) is 5.88. The highest BCUT2D eigenvalue weighted by Gasteiger charge is 2.65. The van der Waals surface area contributed by atoms with E-state index in [1.807, 2.05) is 0 Å². The summed E-state index contributed by atoms with van der Waals surface area (Å²) in [5.74, 6) is 0.00811. The van der Waals surface area contributed by atoms with Crippen LogP contribution < -0.4 is 0 Å². The molecule has 1 spiro atoms. The van der Waals surface area contributed by atoms with Gasteiger partial charge in [0.15, 0.2) is 0 Å². The molecule has 1 fully saturated rings. The largest absolute Gasteiger partial charge is 0.367 e. The van der Waals surface area contributed by atoms with Crippen LogP contribution in [-0.2, 0) is 21.5 Å². The Morgan fingerprint density at radius 3 is 2.09 bits per heavy atom. The Bertz CT molecular complexity index is 1430. The van der Waals surface area contributed by atoms with Crippen molar-refractivity contribution in [2.45, 2.75) is 133 Å². The van der Waals surface area contributed by atoms with Crippen LogP contribution in [-0.4, -0.2) is 14.5 Å². The van der Waals surface area contributed by atoms with Crippen molar-refractivity contribution in [1.82, 2.24) is 4.98 Å². The fourth-order valence-electron chi connectivity index (χ4n) is 6.90. The first-order chi connectivity index (χ1) is 19.3. The molecule has 0 saturated heterocycles. The lowest BCUT2D eigenvalue weighted by atomic mass is 9.69. The second kappa shape index (κ2) is 9.53. The zero-order valence-electron chi connectivity index (χ0n) is 26.6. The molecule has 1 aromatic heterocycles. The Morgan fingerprint density at radius 1 is 1.00 bits per heavy atom. The van der Waals surface area contributed by atoms with Gasteiger partial charge in [-0.25, -0.2) is 0 Å². The predicted octanol–water partition coefficient (Wildman–Crippen LogP) is 12.0. The molecular weight excluding hydrogens is 696 g/mol. The van der Waals surface area contributed by atoms with Crippen molar-refractivity contribution >= 4 is 32.8 Å². The number of hydrogen-bond donors (Lipinski definition) is 0. The van der Waals surface area contributed by atoms with E-state index >= 15 is 0 Å². The molecule has 10 heteroatoms. The number of ether oxygens (including phenoxy) is 2. The number of aromatic nitrogens is 1. The zero-order valence-corrected chi connectivity index (χ0v) is 29.6. The summed E-state index contributed by atoms with van der Waals surface area (Å²) in [4.78, 5) is 3.41. The minimum absolute atomic E-state index is 0.00811. The number of fused-ring (bicyclic) bond motifs is 4. The lowest BCUT2D eigenvalue weighted by Crippen LogP contribution is -2.43. The summed E-state index contributed by atoms with van der Waals surface area (Å²) >= 11 is 2.46. The Morgan fingerprint density at radius 2 is 1.60 bits per heavy atom. The topological polar surface area (TPSA) is 31.4 Å². The maximum Gasteiger partial charge on any atom is 0.310 e. The van der Waals surface area contributed by atoms with Gasteiger partial charge in [-0.2, -0.15) is 0 Å². The molecule has 43 heavy (non-hydrogen) atoms. The van der Waals surface area contributed by atoms with Gasteiger partial charge >= 0.3 is 10.2 Å². The molecule has 2 heterocycles. The van der Waals surface area contributed by atoms with E-state index in [4.69, 9.17) is 14.5 Å². The molecule has 1 saturated carbocycles. The maximum atomic E-state index is 13.6. The summed E-state index contributed by atoms with van der Waals surface area (Å²) < 4.78 is 82.3. The van der Waals surface area contributed by atoms with E-state index in [1.54, 1.807) is 0 Å². The van der Waals surface area contributed by atoms with E-state index in [1.165, 1.54) is 0 Å². The van der Waals surface area contributed by atoms with E-state index in [0.717, 1.165) is 72.3 Å². The lowest BCUT2D eigenvalue weighted by molar-refractivity contribution is -0.147. The van der Waals surface area contributed by atoms with Crippen LogP contribution in [0.4, 0.5) is 19.4 Å². The molecule has 4 atom stereocenters. The van der Waals surface area contributed by atoms with Crippen molar-refractivity contribution in [3.05, 3.63) is 57.9 Å². The number of halogens is 6. The summed E-state index contributed by atoms with van der Waals surface area (Å²) in [5, 5.41) is 0. The van der Waals surface area contributed by atoms with Gasteiger partial charge in [0.2, 0.25) is 0 Å². The van der Waals surface area contributed by atoms with Gasteiger partial charge in [0.1, 0.15) is 16.6 Å². The van der Waals surface area contributed by atoms with Crippen molar-refractivity contribution in [2.24, 2.45) is 10.8 Å². The second-order valence-corrected chi connectivity index (χ2v) is 19.4. The summed E-state index contributed by atoms with van der Waals surface area (Å²) in [6.45, 7) is 19.4. The summed E-state index contributed by atoms with van der Waals surface area (Å²) in [5.41, 5.74) is 3.93. The smallest absolute Gasteiger partial charge is 0.310 e. The number of alkyl halides is 1. The highest BCUT2D eigenvalue weighted by molar-refractivity contribution is 14.1. The normalized spacial score (nSPS) is 29.0. The number of hydrogen-bond acceptors (Lipinski definition) is 3. The molecule has 0 bridgehead atoms. The van der Waals surface area contributed by atoms with Crippen molar-refractivity contribution in [1.29, 1.82) is 0 Å². The first-order valence-corrected chi connectivity index (χ1v) is 18.4. The standard InChI is InChI=1S/C33H45F5INO2S/c1-19(2)28-26-27(25-22(40-28)17-31(6,7)18-23(25)41-32(8,9)30(3,4)5)33(16-10-11-24(33)39)42-29(26)20-12-14-21(15-13-20)43(34,35,36,37)38/h12-15,19,23-24,29H,10-11,16-18H2,1-9H3/t23-,24?,29+,33?/m0/s1. The molecule has 3 aliphatic rings. The van der Waals surface area contributed by atoms with E-state index in [2.05, 4.69) is 84.9 Å². The van der Waals surface area contributed by atoms with Gasteiger partial charge in [0, 0.05) is 32.0 Å². The van der Waals surface area contributed by atoms with Gasteiger partial charge in [0.25, 0.3) is 0 Å². The fourth-order valence-corrected chi connectivity index (χ4v) is 8.76. The number of nitrogens with zero attached hydrogens (tertiary/aromatic N) is 1. The molecule has 1 aromatic carbocycles. The predicted molar refractivity (Wildman–Crippen MR) is 172 cm³/mol. The first kappa shape index (κ1) is 33.4. The Balaban J connectivity index is 1.78. The molecular formula is C33H45F5INO2S. The average Bonchev–Trinajstić information content (AvgIpc) is 3.36. The summed E-state index contributed by atoms with van der Waals surface area (Å²) in [7, 11) is -9.81. The quantitative estimate of drug-likeness (QED) is 0.174. The second-order valence-electron chi connectivity index (χ2n) is 15.5. The first-order valence-electron chi connectivity index (χ1n) is 15.2. The lowest BCUT2D eigenvalue weighted by Gasteiger charge is -2.46. The van der Waals surface area contributed by atoms with Crippen LogP contribution in [0.3, 0.4) is 0 Å². The molecule has 5 rings (SSSR count). The van der Waals surface area contributed by atoms with Crippen molar-refractivity contribution < 1.29 is 28.9 Å². The molecule has 242 valence electrons. The SMILES string of the molecule is CC(C)c1nc2c(c3c1[C@@H](c1ccc(S(F)(F)(F)(F)F)cc1)OC31CCCC1I)[C@@H](OC(C)(C)C(C)(C)C)CC(C)(C)C2. The van der Waals surface area contributed by atoms with Crippen LogP contribution in [0.5, 0.6) is 0 Å². The van der Waals surface area contributed by atoms with Gasteiger partial charge in [-0.1, -0.05) is 103 Å². The molecule has 0 radical (unpaired) electrons. The van der Waals surface area contributed by atoms with Gasteiger partial charge in [0.05, 0.1) is 11.7 Å². The Kier molecular flexibility index (Phi) is 7.40. The molecule has 0 N–H and O–H groups in total.